The van der Waals surface area contributed by atoms with Gasteiger partial charge < -0.3 is 18.9 Å². The summed E-state index contributed by atoms with van der Waals surface area (Å²) in [5.41, 5.74) is 1.35. The molecule has 0 aromatic carbocycles. The van der Waals surface area contributed by atoms with Gasteiger partial charge in [0.05, 0.1) is 41.1 Å². The molecular weight excluding hydrogens is 404 g/mol. The molecule has 4 rings (SSSR count). The van der Waals surface area contributed by atoms with Gasteiger partial charge in [-0.05, 0) is 48.7 Å². The Hall–Kier alpha value is -3.65. The number of ketones is 1. The van der Waals surface area contributed by atoms with Crippen LogP contribution in [0.3, 0.4) is 0 Å². The number of carbonyl (C=O) groups is 3. The standard InChI is InChI=1S/C22H18N2O5S/c1-2-28-22(27)16-12-18(20(25)19-6-4-10-30-19)24-8-7-14(11-17(16)24)21(26)23-13-15-5-3-9-29-15/h3-12H,2,13H2,1H3,(H,23,26). The maximum atomic E-state index is 12.9. The molecule has 152 valence electrons. The third-order valence-corrected chi connectivity index (χ3v) is 5.38. The fraction of sp³-hybridized carbons (Fsp3) is 0.136. The Morgan fingerprint density at radius 3 is 2.73 bits per heavy atom. The number of esters is 1. The zero-order valence-corrected chi connectivity index (χ0v) is 16.9. The zero-order chi connectivity index (χ0) is 21.1. The van der Waals surface area contributed by atoms with Crippen LogP contribution in [0.15, 0.2) is 64.7 Å². The van der Waals surface area contributed by atoms with Crippen molar-refractivity contribution >= 4 is 34.5 Å². The second-order valence-corrected chi connectivity index (χ2v) is 7.35. The Balaban J connectivity index is 1.71. The van der Waals surface area contributed by atoms with Crippen molar-refractivity contribution in [1.82, 2.24) is 9.72 Å². The molecule has 0 fully saturated rings. The normalized spacial score (nSPS) is 10.8. The SMILES string of the molecule is CCOC(=O)c1cc(C(=O)c2cccs2)n2ccc(C(=O)NCc3ccco3)cc12. The van der Waals surface area contributed by atoms with Crippen molar-refractivity contribution in [2.75, 3.05) is 6.61 Å². The molecular formula is C22H18N2O5S. The van der Waals surface area contributed by atoms with E-state index >= 15 is 0 Å². The van der Waals surface area contributed by atoms with Gasteiger partial charge in [-0.15, -0.1) is 11.3 Å². The van der Waals surface area contributed by atoms with Crippen LogP contribution in [0.1, 0.15) is 48.8 Å². The Kier molecular flexibility index (Phi) is 5.49. The molecule has 7 nitrogen and oxygen atoms in total. The minimum atomic E-state index is -0.548. The number of pyridine rings is 1. The summed E-state index contributed by atoms with van der Waals surface area (Å²) in [5.74, 6) is -0.446. The first kappa shape index (κ1) is 19.7. The Morgan fingerprint density at radius 1 is 1.17 bits per heavy atom. The second-order valence-electron chi connectivity index (χ2n) is 6.40. The largest absolute Gasteiger partial charge is 0.467 e. The number of nitrogens with zero attached hydrogens (tertiary/aromatic N) is 1. The van der Waals surface area contributed by atoms with Gasteiger partial charge in [-0.1, -0.05) is 6.07 Å². The summed E-state index contributed by atoms with van der Waals surface area (Å²) in [6, 6.07) is 11.7. The lowest BCUT2D eigenvalue weighted by Crippen LogP contribution is -2.22. The highest BCUT2D eigenvalue weighted by Crippen LogP contribution is 2.24. The van der Waals surface area contributed by atoms with Crippen molar-refractivity contribution in [3.63, 3.8) is 0 Å². The van der Waals surface area contributed by atoms with Gasteiger partial charge in [0.25, 0.3) is 5.91 Å². The number of thiophene rings is 1. The lowest BCUT2D eigenvalue weighted by molar-refractivity contribution is 0.0528. The van der Waals surface area contributed by atoms with E-state index in [1.165, 1.54) is 23.7 Å². The summed E-state index contributed by atoms with van der Waals surface area (Å²) in [6.45, 7) is 2.15. The van der Waals surface area contributed by atoms with Crippen molar-refractivity contribution in [3.8, 4) is 0 Å². The third kappa shape index (κ3) is 3.77. The number of ether oxygens (including phenoxy) is 1. The summed E-state index contributed by atoms with van der Waals surface area (Å²) < 4.78 is 12.0. The van der Waals surface area contributed by atoms with Crippen LogP contribution in [0.2, 0.25) is 0 Å². The highest BCUT2D eigenvalue weighted by molar-refractivity contribution is 7.12. The topological polar surface area (TPSA) is 90.0 Å². The Bertz CT molecular complexity index is 1210. The monoisotopic (exact) mass is 422 g/mol. The van der Waals surface area contributed by atoms with Crippen LogP contribution in [0.5, 0.6) is 0 Å². The fourth-order valence-corrected chi connectivity index (χ4v) is 3.78. The van der Waals surface area contributed by atoms with Crippen molar-refractivity contribution in [2.45, 2.75) is 13.5 Å². The van der Waals surface area contributed by atoms with E-state index in [-0.39, 0.29) is 30.4 Å². The zero-order valence-electron chi connectivity index (χ0n) is 16.1. The maximum Gasteiger partial charge on any atom is 0.340 e. The second kappa shape index (κ2) is 8.38. The van der Waals surface area contributed by atoms with E-state index in [1.54, 1.807) is 53.9 Å². The van der Waals surface area contributed by atoms with E-state index in [4.69, 9.17) is 9.15 Å². The quantitative estimate of drug-likeness (QED) is 0.360. The molecule has 0 aliphatic rings. The predicted octanol–water partition coefficient (Wildman–Crippen LogP) is 3.93. The number of fused-ring (bicyclic) bond motifs is 1. The van der Waals surface area contributed by atoms with Crippen molar-refractivity contribution in [2.24, 2.45) is 0 Å². The van der Waals surface area contributed by atoms with Gasteiger partial charge in [0.15, 0.2) is 0 Å². The number of rotatable bonds is 7. The van der Waals surface area contributed by atoms with E-state index in [9.17, 15) is 14.4 Å². The van der Waals surface area contributed by atoms with E-state index in [2.05, 4.69) is 5.32 Å². The molecule has 0 unspecified atom stereocenters. The van der Waals surface area contributed by atoms with Gasteiger partial charge in [-0.3, -0.25) is 9.59 Å². The van der Waals surface area contributed by atoms with Gasteiger partial charge >= 0.3 is 5.97 Å². The summed E-state index contributed by atoms with van der Waals surface area (Å²) in [4.78, 5) is 38.5. The number of hydrogen-bond acceptors (Lipinski definition) is 6. The van der Waals surface area contributed by atoms with Crippen LogP contribution in [0, 0.1) is 0 Å². The first-order valence-electron chi connectivity index (χ1n) is 9.29. The molecule has 0 aliphatic heterocycles. The summed E-state index contributed by atoms with van der Waals surface area (Å²) >= 11 is 1.32. The molecule has 0 saturated carbocycles. The Labute approximate surface area is 175 Å². The van der Waals surface area contributed by atoms with Gasteiger partial charge in [0.1, 0.15) is 5.76 Å². The number of hydrogen-bond donors (Lipinski definition) is 1. The Morgan fingerprint density at radius 2 is 2.03 bits per heavy atom. The van der Waals surface area contributed by atoms with Crippen molar-refractivity contribution in [1.29, 1.82) is 0 Å². The van der Waals surface area contributed by atoms with Crippen LogP contribution in [-0.4, -0.2) is 28.7 Å². The number of nitrogens with one attached hydrogen (secondary N) is 1. The van der Waals surface area contributed by atoms with Crippen LogP contribution in [-0.2, 0) is 11.3 Å². The highest BCUT2D eigenvalue weighted by Gasteiger charge is 2.23. The molecule has 8 heteroatoms. The van der Waals surface area contributed by atoms with Crippen molar-refractivity contribution < 1.29 is 23.5 Å². The molecule has 0 saturated heterocycles. The van der Waals surface area contributed by atoms with Gasteiger partial charge in [-0.25, -0.2) is 4.79 Å². The van der Waals surface area contributed by atoms with Gasteiger partial charge in [0, 0.05) is 11.8 Å². The minimum absolute atomic E-state index is 0.202. The minimum Gasteiger partial charge on any atom is -0.467 e. The molecule has 0 atom stereocenters. The molecule has 1 N–H and O–H groups in total. The van der Waals surface area contributed by atoms with E-state index in [0.717, 1.165) is 0 Å². The number of furan rings is 1. The fourth-order valence-electron chi connectivity index (χ4n) is 3.10. The first-order chi connectivity index (χ1) is 14.6. The average Bonchev–Trinajstić information content (AvgIpc) is 3.52. The molecule has 4 heterocycles. The van der Waals surface area contributed by atoms with E-state index < -0.39 is 5.97 Å². The molecule has 1 amide bonds. The van der Waals surface area contributed by atoms with Gasteiger partial charge in [-0.2, -0.15) is 0 Å². The van der Waals surface area contributed by atoms with E-state index in [0.29, 0.717) is 27.4 Å². The summed E-state index contributed by atoms with van der Waals surface area (Å²) in [5, 5.41) is 4.58. The van der Waals surface area contributed by atoms with Crippen LogP contribution in [0.25, 0.3) is 5.52 Å². The summed E-state index contributed by atoms with van der Waals surface area (Å²) in [6.07, 6.45) is 3.15. The van der Waals surface area contributed by atoms with Gasteiger partial charge in [0.2, 0.25) is 5.78 Å². The molecule has 0 spiro atoms. The average molecular weight is 422 g/mol. The smallest absolute Gasteiger partial charge is 0.340 e. The number of aromatic nitrogens is 1. The van der Waals surface area contributed by atoms with Crippen LogP contribution >= 0.6 is 11.3 Å². The molecule has 0 radical (unpaired) electrons. The molecule has 0 aliphatic carbocycles. The third-order valence-electron chi connectivity index (χ3n) is 4.51. The van der Waals surface area contributed by atoms with Crippen LogP contribution in [0.4, 0.5) is 0 Å². The van der Waals surface area contributed by atoms with E-state index in [1.807, 2.05) is 5.38 Å². The lowest BCUT2D eigenvalue weighted by atomic mass is 10.2. The lowest BCUT2D eigenvalue weighted by Gasteiger charge is -2.07. The molecule has 0 bridgehead atoms. The predicted molar refractivity (Wildman–Crippen MR) is 111 cm³/mol. The molecule has 4 aromatic heterocycles. The van der Waals surface area contributed by atoms with Crippen molar-refractivity contribution in [3.05, 3.63) is 87.8 Å². The number of amides is 1. The van der Waals surface area contributed by atoms with Crippen LogP contribution < -0.4 is 5.32 Å². The molecule has 4 aromatic rings. The summed E-state index contributed by atoms with van der Waals surface area (Å²) in [7, 11) is 0. The number of carbonyl (C=O) groups excluding carboxylic acids is 3. The first-order valence-corrected chi connectivity index (χ1v) is 10.2. The highest BCUT2D eigenvalue weighted by atomic mass is 32.1. The molecule has 30 heavy (non-hydrogen) atoms. The maximum absolute atomic E-state index is 12.9.